The van der Waals surface area contributed by atoms with Crippen LogP contribution in [0.2, 0.25) is 0 Å². The van der Waals surface area contributed by atoms with Crippen LogP contribution in [0.15, 0.2) is 24.3 Å². The van der Waals surface area contributed by atoms with E-state index in [2.05, 4.69) is 10.9 Å². The Morgan fingerprint density at radius 1 is 1.13 bits per heavy atom. The molecule has 0 radical (unpaired) electrons. The van der Waals surface area contributed by atoms with Gasteiger partial charge in [0, 0.05) is 10.4 Å². The first-order chi connectivity index (χ1) is 11.1. The molecule has 0 spiro atoms. The molecule has 0 saturated heterocycles. The maximum Gasteiger partial charge on any atom is 0.279 e. The van der Waals surface area contributed by atoms with E-state index < -0.39 is 5.91 Å². The van der Waals surface area contributed by atoms with Gasteiger partial charge in [0.1, 0.15) is 0 Å². The maximum atomic E-state index is 12.1. The fourth-order valence-corrected chi connectivity index (χ4v) is 3.28. The minimum Gasteiger partial charge on any atom is -0.454 e. The van der Waals surface area contributed by atoms with Crippen LogP contribution in [0.5, 0.6) is 11.5 Å². The van der Waals surface area contributed by atoms with E-state index in [9.17, 15) is 9.59 Å². The predicted molar refractivity (Wildman–Crippen MR) is 85.9 cm³/mol. The number of fused-ring (bicyclic) bond motifs is 1. The zero-order valence-electron chi connectivity index (χ0n) is 12.8. The van der Waals surface area contributed by atoms with Crippen molar-refractivity contribution in [2.45, 2.75) is 20.3 Å². The van der Waals surface area contributed by atoms with Crippen LogP contribution in [0.25, 0.3) is 0 Å². The second kappa shape index (κ2) is 6.29. The number of amides is 2. The van der Waals surface area contributed by atoms with E-state index >= 15 is 0 Å². The Balaban J connectivity index is 1.63. The second-order valence-electron chi connectivity index (χ2n) is 5.02. The van der Waals surface area contributed by atoms with Crippen LogP contribution in [0.3, 0.4) is 0 Å². The van der Waals surface area contributed by atoms with E-state index in [1.165, 1.54) is 11.3 Å². The summed E-state index contributed by atoms with van der Waals surface area (Å²) in [6.45, 7) is 4.16. The van der Waals surface area contributed by atoms with Crippen LogP contribution in [0.4, 0.5) is 0 Å². The number of ether oxygens (including phenoxy) is 2. The van der Waals surface area contributed by atoms with Crippen molar-refractivity contribution in [3.63, 3.8) is 0 Å². The maximum absolute atomic E-state index is 12.1. The molecule has 1 aliphatic heterocycles. The van der Waals surface area contributed by atoms with Crippen LogP contribution in [-0.2, 0) is 6.42 Å². The Hall–Kier alpha value is -2.54. The lowest BCUT2D eigenvalue weighted by atomic mass is 10.2. The summed E-state index contributed by atoms with van der Waals surface area (Å²) < 4.78 is 10.4. The third kappa shape index (κ3) is 3.14. The molecule has 0 unspecified atom stereocenters. The second-order valence-corrected chi connectivity index (χ2v) is 6.28. The highest BCUT2D eigenvalue weighted by Crippen LogP contribution is 2.32. The van der Waals surface area contributed by atoms with E-state index in [-0.39, 0.29) is 12.7 Å². The molecule has 6 nitrogen and oxygen atoms in total. The van der Waals surface area contributed by atoms with Gasteiger partial charge in [0.05, 0.1) is 4.88 Å². The summed E-state index contributed by atoms with van der Waals surface area (Å²) in [5.41, 5.74) is 6.36. The SMILES string of the molecule is CCc1cc(C(=O)NNC(=O)c2ccc3c(c2)OCO3)sc1C. The predicted octanol–water partition coefficient (Wildman–Crippen LogP) is 2.42. The largest absolute Gasteiger partial charge is 0.454 e. The van der Waals surface area contributed by atoms with Gasteiger partial charge in [0.25, 0.3) is 11.8 Å². The summed E-state index contributed by atoms with van der Waals surface area (Å²) in [7, 11) is 0. The van der Waals surface area contributed by atoms with Crippen molar-refractivity contribution in [1.82, 2.24) is 10.9 Å². The van der Waals surface area contributed by atoms with Crippen molar-refractivity contribution < 1.29 is 19.1 Å². The molecule has 0 aliphatic carbocycles. The van der Waals surface area contributed by atoms with Crippen molar-refractivity contribution in [3.8, 4) is 11.5 Å². The van der Waals surface area contributed by atoms with Crippen LogP contribution in [0.1, 0.15) is 37.4 Å². The number of benzene rings is 1. The normalized spacial score (nSPS) is 12.1. The fourth-order valence-electron chi connectivity index (χ4n) is 2.27. The van der Waals surface area contributed by atoms with Gasteiger partial charge in [-0.25, -0.2) is 0 Å². The van der Waals surface area contributed by atoms with Gasteiger partial charge < -0.3 is 9.47 Å². The molecule has 3 rings (SSSR count). The van der Waals surface area contributed by atoms with Gasteiger partial charge in [-0.05, 0) is 43.2 Å². The third-order valence-electron chi connectivity index (χ3n) is 3.55. The summed E-state index contributed by atoms with van der Waals surface area (Å²) in [6, 6.07) is 6.70. The number of hydrazine groups is 1. The molecule has 7 heteroatoms. The Kier molecular flexibility index (Phi) is 4.20. The van der Waals surface area contributed by atoms with E-state index in [0.717, 1.165) is 16.9 Å². The minimum atomic E-state index is -0.416. The third-order valence-corrected chi connectivity index (χ3v) is 4.64. The molecule has 2 heterocycles. The number of aryl methyl sites for hydroxylation is 2. The lowest BCUT2D eigenvalue weighted by molar-refractivity contribution is 0.0848. The Labute approximate surface area is 137 Å². The van der Waals surface area contributed by atoms with Gasteiger partial charge in [-0.15, -0.1) is 11.3 Å². The lowest BCUT2D eigenvalue weighted by Gasteiger charge is -2.06. The molecule has 1 aliphatic rings. The molecule has 1 aromatic heterocycles. The van der Waals surface area contributed by atoms with Gasteiger partial charge in [-0.3, -0.25) is 20.4 Å². The van der Waals surface area contributed by atoms with E-state index in [4.69, 9.17) is 9.47 Å². The minimum absolute atomic E-state index is 0.147. The molecule has 120 valence electrons. The van der Waals surface area contributed by atoms with Crippen LogP contribution in [-0.4, -0.2) is 18.6 Å². The zero-order chi connectivity index (χ0) is 16.4. The smallest absolute Gasteiger partial charge is 0.279 e. The van der Waals surface area contributed by atoms with E-state index in [1.54, 1.807) is 18.2 Å². The first-order valence-electron chi connectivity index (χ1n) is 7.18. The molecule has 0 atom stereocenters. The van der Waals surface area contributed by atoms with Gasteiger partial charge in [0.15, 0.2) is 11.5 Å². The molecular weight excluding hydrogens is 316 g/mol. The van der Waals surface area contributed by atoms with Gasteiger partial charge in [-0.2, -0.15) is 0 Å². The molecule has 2 amide bonds. The van der Waals surface area contributed by atoms with Crippen molar-refractivity contribution in [2.24, 2.45) is 0 Å². The molecule has 0 bridgehead atoms. The molecule has 0 fully saturated rings. The number of rotatable bonds is 3. The highest BCUT2D eigenvalue weighted by molar-refractivity contribution is 7.14. The van der Waals surface area contributed by atoms with Crippen LogP contribution in [0, 0.1) is 6.92 Å². The zero-order valence-corrected chi connectivity index (χ0v) is 13.6. The highest BCUT2D eigenvalue weighted by atomic mass is 32.1. The number of carbonyl (C=O) groups is 2. The number of hydrogen-bond acceptors (Lipinski definition) is 5. The number of nitrogens with one attached hydrogen (secondary N) is 2. The molecule has 23 heavy (non-hydrogen) atoms. The first-order valence-corrected chi connectivity index (χ1v) is 7.99. The van der Waals surface area contributed by atoms with Crippen molar-refractivity contribution in [3.05, 3.63) is 45.1 Å². The monoisotopic (exact) mass is 332 g/mol. The van der Waals surface area contributed by atoms with E-state index in [1.807, 2.05) is 19.9 Å². The van der Waals surface area contributed by atoms with Gasteiger partial charge in [-0.1, -0.05) is 6.92 Å². The summed E-state index contributed by atoms with van der Waals surface area (Å²) in [4.78, 5) is 25.9. The quantitative estimate of drug-likeness (QED) is 0.846. The molecular formula is C16H16N2O4S. The highest BCUT2D eigenvalue weighted by Gasteiger charge is 2.17. The summed E-state index contributed by atoms with van der Waals surface area (Å²) >= 11 is 1.41. The number of hydrogen-bond donors (Lipinski definition) is 2. The summed E-state index contributed by atoms with van der Waals surface area (Å²) in [5, 5.41) is 0. The average Bonchev–Trinajstić information content (AvgIpc) is 3.17. The van der Waals surface area contributed by atoms with E-state index in [0.29, 0.717) is 21.9 Å². The summed E-state index contributed by atoms with van der Waals surface area (Å²) in [5.74, 6) is 0.379. The first kappa shape index (κ1) is 15.4. The van der Waals surface area contributed by atoms with Gasteiger partial charge >= 0.3 is 0 Å². The molecule has 0 saturated carbocycles. The fraction of sp³-hybridized carbons (Fsp3) is 0.250. The molecule has 2 aromatic rings. The molecule has 1 aromatic carbocycles. The van der Waals surface area contributed by atoms with Crippen LogP contribution < -0.4 is 20.3 Å². The topological polar surface area (TPSA) is 76.7 Å². The van der Waals surface area contributed by atoms with Crippen molar-refractivity contribution in [1.29, 1.82) is 0 Å². The average molecular weight is 332 g/mol. The molecule has 2 N–H and O–H groups in total. The van der Waals surface area contributed by atoms with Crippen molar-refractivity contribution in [2.75, 3.05) is 6.79 Å². The van der Waals surface area contributed by atoms with Gasteiger partial charge in [0.2, 0.25) is 6.79 Å². The Morgan fingerprint density at radius 2 is 1.87 bits per heavy atom. The standard InChI is InChI=1S/C16H16N2O4S/c1-3-10-7-14(23-9(10)2)16(20)18-17-15(19)11-4-5-12-13(6-11)22-8-21-12/h4-7H,3,8H2,1-2H3,(H,17,19)(H,18,20). The Bertz CT molecular complexity index is 769. The number of carbonyl (C=O) groups excluding carboxylic acids is 2. The Morgan fingerprint density at radius 3 is 2.61 bits per heavy atom. The van der Waals surface area contributed by atoms with Crippen LogP contribution >= 0.6 is 11.3 Å². The lowest BCUT2D eigenvalue weighted by Crippen LogP contribution is -2.41. The summed E-state index contributed by atoms with van der Waals surface area (Å²) in [6.07, 6.45) is 0.874. The number of thiophene rings is 1. The van der Waals surface area contributed by atoms with Crippen molar-refractivity contribution >= 4 is 23.2 Å².